The van der Waals surface area contributed by atoms with Crippen molar-refractivity contribution >= 4 is 99.9 Å². The molecule has 100 heavy (non-hydrogen) atoms. The number of phenolic OH excluding ortho intramolecular Hbond substituents is 1. The number of unbranched alkanes of at least 4 members (excludes halogenated alkanes) is 1. The maximum Gasteiger partial charge on any atom is 0.305 e. The molecule has 6 rings (SSSR count). The van der Waals surface area contributed by atoms with Gasteiger partial charge in [-0.2, -0.15) is 0 Å². The number of carboxylic acids is 1. The fourth-order valence-corrected chi connectivity index (χ4v) is 12.1. The third-order valence-electron chi connectivity index (χ3n) is 16.6. The minimum Gasteiger partial charge on any atom is -0.508 e. The number of phenols is 1. The Kier molecular flexibility index (Phi) is 29.5. The average molecular weight is 1410 g/mol. The standard InChI is InChI=1S/C67H82F3N13O16S/c1-5-6-16-52(67(99)83-32-42(86)28-53(83)64(96)76-40(33-84)27-58(90)91)81(3)66(98)54(25-36-12-8-7-9-13-36)82(4)65(97)50(24-38-21-44(68)59(70)45(69)22-38)77-57(89)35-100-34-51(60(92)75-31-56(72)88)80-63(95)49(29-55(71)87)79-62(94)48(23-37-17-19-41(85)20-18-37)78-61(93)47(73-2)26-39-30-74-46-15-11-10-14-43(39)46/h7-15,17-22,30,33,40,42,47-54,73-74,85-86H,5-6,16,23-29,31-32,34-35H2,1-4H3,(H2,71,87)(H2,72,88)(H,75,92)(H,76,96)(H,77,89)(H,78,93)(H,79,94)(H,80,95)(H,90,91)/t40-,42+,47-,48-,49-,50-,51-,52-,53+,54-/m0/s1. The summed E-state index contributed by atoms with van der Waals surface area (Å²) in [4.78, 5) is 183. The third kappa shape index (κ3) is 22.6. The Morgan fingerprint density at radius 3 is 1.92 bits per heavy atom. The van der Waals surface area contributed by atoms with Crippen molar-refractivity contribution in [1.82, 2.24) is 56.9 Å². The lowest BCUT2D eigenvalue weighted by Crippen LogP contribution is -2.60. The first-order chi connectivity index (χ1) is 47.5. The highest BCUT2D eigenvalue weighted by atomic mass is 32.2. The van der Waals surface area contributed by atoms with Crippen molar-refractivity contribution in [2.45, 2.75) is 132 Å². The number of rotatable bonds is 38. The van der Waals surface area contributed by atoms with Gasteiger partial charge in [-0.25, -0.2) is 13.2 Å². The molecular formula is C67H82F3N13O16S. The molecule has 1 aromatic heterocycles. The van der Waals surface area contributed by atoms with Gasteiger partial charge >= 0.3 is 5.97 Å². The number of aliphatic hydroxyl groups is 1. The number of nitrogens with zero attached hydrogens (tertiary/aromatic N) is 3. The number of aldehydes is 1. The van der Waals surface area contributed by atoms with Crippen molar-refractivity contribution < 1.29 is 90.8 Å². The molecule has 1 aliphatic heterocycles. The molecule has 0 bridgehead atoms. The van der Waals surface area contributed by atoms with Gasteiger partial charge in [0.1, 0.15) is 54.3 Å². The first kappa shape index (κ1) is 78.6. The number of H-pyrrole nitrogens is 1. The summed E-state index contributed by atoms with van der Waals surface area (Å²) in [7, 11) is 3.97. The normalized spacial score (nSPS) is 15.8. The van der Waals surface area contributed by atoms with Crippen LogP contribution in [0, 0.1) is 17.5 Å². The van der Waals surface area contributed by atoms with Crippen molar-refractivity contribution in [3.63, 3.8) is 0 Å². The molecule has 33 heteroatoms. The predicted octanol–water partition coefficient (Wildman–Crippen LogP) is -0.737. The van der Waals surface area contributed by atoms with E-state index in [0.717, 1.165) is 31.2 Å². The highest BCUT2D eigenvalue weighted by molar-refractivity contribution is 8.00. The number of aromatic amines is 1. The van der Waals surface area contributed by atoms with Gasteiger partial charge < -0.3 is 88.5 Å². The lowest BCUT2D eigenvalue weighted by atomic mass is 9.99. The second-order valence-electron chi connectivity index (χ2n) is 24.0. The number of aromatic nitrogens is 1. The zero-order valence-electron chi connectivity index (χ0n) is 55.2. The van der Waals surface area contributed by atoms with E-state index in [1.54, 1.807) is 43.5 Å². The maximum absolute atomic E-state index is 15.2. The second-order valence-corrected chi connectivity index (χ2v) is 25.1. The molecule has 11 amide bonds. The summed E-state index contributed by atoms with van der Waals surface area (Å²) in [6.07, 6.45) is -1.62. The summed E-state index contributed by atoms with van der Waals surface area (Å²) in [6.45, 7) is 0.621. The Morgan fingerprint density at radius 2 is 1.29 bits per heavy atom. The Balaban J connectivity index is 1.24. The Labute approximate surface area is 576 Å². The van der Waals surface area contributed by atoms with Gasteiger partial charge in [0, 0.05) is 69.2 Å². The third-order valence-corrected chi connectivity index (χ3v) is 17.6. The Bertz CT molecular complexity index is 3760. The van der Waals surface area contributed by atoms with E-state index in [2.05, 4.69) is 42.2 Å². The van der Waals surface area contributed by atoms with E-state index in [0.29, 0.717) is 47.9 Å². The number of β-amino-alcohol motifs (C(OH)–C–C–N with tert-alkyl or cyclic N) is 1. The summed E-state index contributed by atoms with van der Waals surface area (Å²) in [5.41, 5.74) is 13.0. The van der Waals surface area contributed by atoms with Crippen LogP contribution >= 0.6 is 11.8 Å². The molecule has 0 aliphatic carbocycles. The summed E-state index contributed by atoms with van der Waals surface area (Å²) in [6, 6.07) is 8.63. The molecule has 1 saturated heterocycles. The van der Waals surface area contributed by atoms with Crippen LogP contribution in [-0.2, 0) is 88.0 Å². The van der Waals surface area contributed by atoms with E-state index in [4.69, 9.17) is 11.5 Å². The van der Waals surface area contributed by atoms with E-state index in [1.165, 1.54) is 45.4 Å². The number of halogens is 3. The van der Waals surface area contributed by atoms with Crippen LogP contribution < -0.4 is 48.7 Å². The number of amides is 11. The molecule has 0 spiro atoms. The second kappa shape index (κ2) is 37.5. The molecule has 2 heterocycles. The number of nitrogens with two attached hydrogens (primary N) is 2. The van der Waals surface area contributed by atoms with E-state index in [-0.39, 0.29) is 49.7 Å². The Morgan fingerprint density at radius 1 is 0.690 bits per heavy atom. The molecular weight excluding hydrogens is 1330 g/mol. The van der Waals surface area contributed by atoms with Crippen LogP contribution in [-0.4, -0.2) is 218 Å². The quantitative estimate of drug-likeness (QED) is 0.0171. The van der Waals surface area contributed by atoms with Crippen LogP contribution in [0.2, 0.25) is 0 Å². The number of para-hydroxylation sites is 1. The fraction of sp³-hybridized carbons (Fsp3) is 0.418. The number of thioether (sulfide) groups is 1. The number of likely N-dealkylation sites (tertiary alicyclic amines) is 1. The topological polar surface area (TPSA) is 444 Å². The Hall–Kier alpha value is -10.4. The van der Waals surface area contributed by atoms with Crippen molar-refractivity contribution in [1.29, 1.82) is 0 Å². The molecule has 1 aliphatic rings. The zero-order chi connectivity index (χ0) is 73.5. The number of primary amides is 2. The highest BCUT2D eigenvalue weighted by Gasteiger charge is 2.45. The number of carboxylic acid groups (broad SMARTS) is 1. The number of hydrogen-bond acceptors (Lipinski definition) is 17. The zero-order valence-corrected chi connectivity index (χ0v) is 56.0. The van der Waals surface area contributed by atoms with Gasteiger partial charge in [-0.1, -0.05) is 80.4 Å². The van der Waals surface area contributed by atoms with Crippen molar-refractivity contribution in [2.24, 2.45) is 11.5 Å². The van der Waals surface area contributed by atoms with E-state index >= 15 is 9.59 Å². The maximum atomic E-state index is 15.2. The van der Waals surface area contributed by atoms with Gasteiger partial charge in [0.05, 0.1) is 43.3 Å². The van der Waals surface area contributed by atoms with Crippen molar-refractivity contribution in [2.75, 3.05) is 45.7 Å². The molecule has 29 nitrogen and oxygen atoms in total. The molecule has 1 fully saturated rings. The smallest absolute Gasteiger partial charge is 0.305 e. The van der Waals surface area contributed by atoms with Crippen molar-refractivity contribution in [3.8, 4) is 5.75 Å². The summed E-state index contributed by atoms with van der Waals surface area (Å²) in [5.74, 6) is -18.8. The largest absolute Gasteiger partial charge is 0.508 e. The van der Waals surface area contributed by atoms with Gasteiger partial charge in [0.2, 0.25) is 65.0 Å². The summed E-state index contributed by atoms with van der Waals surface area (Å²) in [5, 5.41) is 48.3. The van der Waals surface area contributed by atoms with E-state index < -0.39 is 193 Å². The summed E-state index contributed by atoms with van der Waals surface area (Å²) < 4.78 is 44.2. The number of hydrogen-bond donors (Lipinski definition) is 13. The highest BCUT2D eigenvalue weighted by Crippen LogP contribution is 2.26. The van der Waals surface area contributed by atoms with Gasteiger partial charge in [0.15, 0.2) is 17.5 Å². The SMILES string of the molecule is CCCC[C@@H](C(=O)N1C[C@H](O)C[C@@H]1C(=O)N[C@H](C=O)CC(=O)O)N(C)C(=O)[C@H](Cc1ccccc1)N(C)C(=O)[C@H](Cc1cc(F)c(F)c(F)c1)NC(=O)CSC[C@H](NC(=O)[C@H](CC(N)=O)NC(=O)[C@H](Cc1ccc(O)cc1)NC(=O)[C@H](Cc1c[nH]c2ccccc12)NC)C(=O)NCC(N)=O. The number of likely N-dealkylation sites (N-methyl/N-ethyl adjacent to an activating group) is 3. The number of fused-ring (bicyclic) bond motifs is 1. The van der Waals surface area contributed by atoms with Gasteiger partial charge in [-0.15, -0.1) is 11.8 Å². The molecule has 0 radical (unpaired) electrons. The molecule has 15 N–H and O–H groups in total. The molecule has 10 atom stereocenters. The van der Waals surface area contributed by atoms with E-state index in [1.807, 2.05) is 24.3 Å². The van der Waals surface area contributed by atoms with Gasteiger partial charge in [-0.3, -0.25) is 57.5 Å². The number of benzene rings is 4. The molecule has 0 saturated carbocycles. The van der Waals surface area contributed by atoms with Crippen LogP contribution in [0.3, 0.4) is 0 Å². The average Bonchev–Trinajstić information content (AvgIpc) is 1.48. The first-order valence-corrected chi connectivity index (χ1v) is 33.0. The lowest BCUT2D eigenvalue weighted by Gasteiger charge is -2.37. The van der Waals surface area contributed by atoms with Gasteiger partial charge in [0.25, 0.3) is 0 Å². The van der Waals surface area contributed by atoms with Crippen LogP contribution in [0.15, 0.2) is 97.2 Å². The summed E-state index contributed by atoms with van der Waals surface area (Å²) >= 11 is 0.630. The monoisotopic (exact) mass is 1410 g/mol. The number of nitrogens with one attached hydrogen (secondary N) is 8. The number of carbonyl (C=O) groups excluding carboxylic acids is 12. The van der Waals surface area contributed by atoms with Gasteiger partial charge in [-0.05, 0) is 72.5 Å². The number of carbonyl (C=O) groups is 13. The predicted molar refractivity (Wildman–Crippen MR) is 357 cm³/mol. The van der Waals surface area contributed by atoms with Crippen LogP contribution in [0.4, 0.5) is 13.2 Å². The first-order valence-electron chi connectivity index (χ1n) is 31.8. The lowest BCUT2D eigenvalue weighted by molar-refractivity contribution is -0.152. The van der Waals surface area contributed by atoms with Crippen LogP contribution in [0.1, 0.15) is 67.7 Å². The van der Waals surface area contributed by atoms with E-state index in [9.17, 15) is 81.2 Å². The van der Waals surface area contributed by atoms with Crippen LogP contribution in [0.5, 0.6) is 5.75 Å². The minimum atomic E-state index is -1.86. The number of aromatic hydroxyl groups is 1. The number of aliphatic carboxylic acids is 1. The molecule has 0 unspecified atom stereocenters. The minimum absolute atomic E-state index is 0.0270. The fourth-order valence-electron chi connectivity index (χ4n) is 11.3. The molecule has 538 valence electrons. The molecule has 4 aromatic carbocycles. The van der Waals surface area contributed by atoms with Crippen molar-refractivity contribution in [3.05, 3.63) is 137 Å². The number of aliphatic hydroxyl groups excluding tert-OH is 1. The molecule has 5 aromatic rings. The van der Waals surface area contributed by atoms with Crippen LogP contribution in [0.25, 0.3) is 10.9 Å².